The summed E-state index contributed by atoms with van der Waals surface area (Å²) in [6, 6.07) is 0. The zero-order valence-corrected chi connectivity index (χ0v) is 13.6. The van der Waals surface area contributed by atoms with Crippen molar-refractivity contribution in [3.63, 3.8) is 0 Å². The second-order valence-electron chi connectivity index (χ2n) is 6.77. The molecule has 0 spiro atoms. The minimum atomic E-state index is -0.303. The van der Waals surface area contributed by atoms with Gasteiger partial charge in [-0.1, -0.05) is 13.8 Å². The number of nitrogens with one attached hydrogen (secondary N) is 2. The molecule has 2 rings (SSSR count). The molecule has 0 saturated carbocycles. The van der Waals surface area contributed by atoms with Gasteiger partial charge in [-0.15, -0.1) is 0 Å². The van der Waals surface area contributed by atoms with Crippen molar-refractivity contribution >= 4 is 5.91 Å². The third-order valence-electron chi connectivity index (χ3n) is 4.36. The van der Waals surface area contributed by atoms with Crippen LogP contribution in [0.1, 0.15) is 33.1 Å². The third kappa shape index (κ3) is 5.93. The summed E-state index contributed by atoms with van der Waals surface area (Å²) >= 11 is 0. The number of amides is 1. The molecular formula is C16H31N3O2. The van der Waals surface area contributed by atoms with Crippen molar-refractivity contribution in [2.24, 2.45) is 11.8 Å². The highest BCUT2D eigenvalue weighted by Gasteiger charge is 2.22. The van der Waals surface area contributed by atoms with Crippen molar-refractivity contribution in [3.8, 4) is 0 Å². The highest BCUT2D eigenvalue weighted by atomic mass is 16.5. The van der Waals surface area contributed by atoms with Crippen LogP contribution < -0.4 is 10.6 Å². The van der Waals surface area contributed by atoms with Crippen LogP contribution in [0.4, 0.5) is 0 Å². The van der Waals surface area contributed by atoms with Crippen LogP contribution in [0.2, 0.25) is 0 Å². The molecule has 0 aromatic heterocycles. The summed E-state index contributed by atoms with van der Waals surface area (Å²) in [5.74, 6) is 1.68. The van der Waals surface area contributed by atoms with Crippen LogP contribution >= 0.6 is 0 Å². The Kier molecular flexibility index (Phi) is 6.93. The number of ether oxygens (including phenoxy) is 1. The summed E-state index contributed by atoms with van der Waals surface area (Å²) in [7, 11) is 0. The number of unbranched alkanes of at least 4 members (excludes halogenated alkanes) is 1. The van der Waals surface area contributed by atoms with Crippen LogP contribution in [0.5, 0.6) is 0 Å². The molecule has 2 aliphatic rings. The monoisotopic (exact) mass is 297 g/mol. The van der Waals surface area contributed by atoms with Crippen molar-refractivity contribution in [3.05, 3.63) is 0 Å². The maximum absolute atomic E-state index is 11.9. The normalized spacial score (nSPS) is 31.0. The number of likely N-dealkylation sites (tertiary alicyclic amines) is 1. The van der Waals surface area contributed by atoms with Crippen LogP contribution in [-0.4, -0.2) is 62.8 Å². The summed E-state index contributed by atoms with van der Waals surface area (Å²) in [6.45, 7) is 11.2. The minimum absolute atomic E-state index is 0.0300. The largest absolute Gasteiger partial charge is 0.366 e. The van der Waals surface area contributed by atoms with Gasteiger partial charge >= 0.3 is 0 Å². The van der Waals surface area contributed by atoms with Crippen LogP contribution in [0.25, 0.3) is 0 Å². The van der Waals surface area contributed by atoms with E-state index in [0.717, 1.165) is 44.3 Å². The smallest absolute Gasteiger partial charge is 0.250 e. The lowest BCUT2D eigenvalue weighted by molar-refractivity contribution is -0.134. The number of carbonyl (C=O) groups excluding carboxylic acids is 1. The Bertz CT molecular complexity index is 309. The number of morpholine rings is 1. The molecule has 2 N–H and O–H groups in total. The molecule has 0 bridgehead atoms. The number of nitrogens with zero attached hydrogens (tertiary/aromatic N) is 1. The molecule has 122 valence electrons. The van der Waals surface area contributed by atoms with E-state index in [4.69, 9.17) is 4.74 Å². The molecule has 0 aliphatic carbocycles. The molecule has 2 fully saturated rings. The molecule has 5 nitrogen and oxygen atoms in total. The van der Waals surface area contributed by atoms with Crippen LogP contribution in [0, 0.1) is 11.8 Å². The van der Waals surface area contributed by atoms with Gasteiger partial charge < -0.3 is 20.3 Å². The molecule has 1 amide bonds. The number of rotatable bonds is 6. The zero-order chi connectivity index (χ0) is 15.1. The van der Waals surface area contributed by atoms with E-state index < -0.39 is 0 Å². The van der Waals surface area contributed by atoms with E-state index in [2.05, 4.69) is 29.4 Å². The lowest BCUT2D eigenvalue weighted by Crippen LogP contribution is -2.48. The van der Waals surface area contributed by atoms with E-state index in [1.165, 1.54) is 19.5 Å². The minimum Gasteiger partial charge on any atom is -0.366 e. The molecule has 0 radical (unpaired) electrons. The van der Waals surface area contributed by atoms with E-state index in [9.17, 15) is 4.79 Å². The quantitative estimate of drug-likeness (QED) is 0.714. The molecule has 2 heterocycles. The van der Waals surface area contributed by atoms with Crippen LogP contribution in [-0.2, 0) is 9.53 Å². The fourth-order valence-electron chi connectivity index (χ4n) is 3.49. The van der Waals surface area contributed by atoms with Crippen molar-refractivity contribution < 1.29 is 9.53 Å². The third-order valence-corrected chi connectivity index (χ3v) is 4.36. The molecule has 0 aromatic carbocycles. The highest BCUT2D eigenvalue weighted by Crippen LogP contribution is 2.20. The second-order valence-corrected chi connectivity index (χ2v) is 6.77. The van der Waals surface area contributed by atoms with Crippen LogP contribution in [0.3, 0.4) is 0 Å². The Morgan fingerprint density at radius 3 is 2.71 bits per heavy atom. The number of hydrogen-bond acceptors (Lipinski definition) is 4. The first kappa shape index (κ1) is 16.7. The van der Waals surface area contributed by atoms with Gasteiger partial charge in [-0.05, 0) is 37.6 Å². The Balaban J connectivity index is 1.52. The topological polar surface area (TPSA) is 53.6 Å². The number of piperidine rings is 1. The molecule has 2 aliphatic heterocycles. The van der Waals surface area contributed by atoms with Gasteiger partial charge in [0.05, 0.1) is 6.61 Å². The maximum atomic E-state index is 11.9. The average Bonchev–Trinajstić information content (AvgIpc) is 2.46. The van der Waals surface area contributed by atoms with Gasteiger partial charge in [-0.2, -0.15) is 0 Å². The Hall–Kier alpha value is -0.650. The first-order chi connectivity index (χ1) is 10.1. The second kappa shape index (κ2) is 8.71. The average molecular weight is 297 g/mol. The van der Waals surface area contributed by atoms with Gasteiger partial charge in [0.2, 0.25) is 5.91 Å². The summed E-state index contributed by atoms with van der Waals surface area (Å²) < 4.78 is 5.43. The summed E-state index contributed by atoms with van der Waals surface area (Å²) in [4.78, 5) is 14.4. The number of carbonyl (C=O) groups is 1. The molecule has 3 atom stereocenters. The van der Waals surface area contributed by atoms with E-state index in [1.807, 2.05) is 0 Å². The van der Waals surface area contributed by atoms with Crippen LogP contribution in [0.15, 0.2) is 0 Å². The lowest BCUT2D eigenvalue weighted by atomic mass is 9.92. The Morgan fingerprint density at radius 2 is 2.05 bits per heavy atom. The molecule has 21 heavy (non-hydrogen) atoms. The van der Waals surface area contributed by atoms with Crippen molar-refractivity contribution in [2.45, 2.75) is 39.2 Å². The van der Waals surface area contributed by atoms with Gasteiger partial charge in [-0.3, -0.25) is 4.79 Å². The van der Waals surface area contributed by atoms with Gasteiger partial charge in [-0.25, -0.2) is 0 Å². The predicted molar refractivity (Wildman–Crippen MR) is 84.2 cm³/mol. The summed E-state index contributed by atoms with van der Waals surface area (Å²) in [5.41, 5.74) is 0. The van der Waals surface area contributed by atoms with E-state index in [1.54, 1.807) is 0 Å². The molecule has 3 unspecified atom stereocenters. The fraction of sp³-hybridized carbons (Fsp3) is 0.938. The van der Waals surface area contributed by atoms with E-state index in [0.29, 0.717) is 13.2 Å². The van der Waals surface area contributed by atoms with Crippen molar-refractivity contribution in [1.29, 1.82) is 0 Å². The van der Waals surface area contributed by atoms with Gasteiger partial charge in [0.15, 0.2) is 0 Å². The Labute approximate surface area is 128 Å². The van der Waals surface area contributed by atoms with Gasteiger partial charge in [0.25, 0.3) is 0 Å². The maximum Gasteiger partial charge on any atom is 0.250 e. The summed E-state index contributed by atoms with van der Waals surface area (Å²) in [6.07, 6.45) is 3.26. The highest BCUT2D eigenvalue weighted by molar-refractivity contribution is 5.81. The van der Waals surface area contributed by atoms with Crippen molar-refractivity contribution in [1.82, 2.24) is 15.5 Å². The number of hydrogen-bond donors (Lipinski definition) is 2. The first-order valence-electron chi connectivity index (χ1n) is 8.47. The summed E-state index contributed by atoms with van der Waals surface area (Å²) in [5, 5.41) is 6.16. The fourth-order valence-corrected chi connectivity index (χ4v) is 3.49. The lowest BCUT2D eigenvalue weighted by Gasteiger charge is -2.34. The Morgan fingerprint density at radius 1 is 1.29 bits per heavy atom. The molecular weight excluding hydrogens is 266 g/mol. The van der Waals surface area contributed by atoms with Gasteiger partial charge in [0.1, 0.15) is 6.10 Å². The standard InChI is InChI=1S/C16H31N3O2/c1-13-9-14(2)12-19(11-13)7-4-3-5-18-16(20)15-10-17-6-8-21-15/h13-15,17H,3-12H2,1-2H3,(H,18,20). The predicted octanol–water partition coefficient (Wildman–Crippen LogP) is 0.849. The molecule has 5 heteroatoms. The first-order valence-corrected chi connectivity index (χ1v) is 8.47. The molecule has 2 saturated heterocycles. The SMILES string of the molecule is CC1CC(C)CN(CCCCNC(=O)C2CNCCO2)C1. The van der Waals surface area contributed by atoms with Gasteiger partial charge in [0, 0.05) is 32.7 Å². The van der Waals surface area contributed by atoms with E-state index >= 15 is 0 Å². The van der Waals surface area contributed by atoms with Crippen molar-refractivity contribution in [2.75, 3.05) is 45.9 Å². The molecule has 0 aromatic rings. The van der Waals surface area contributed by atoms with E-state index in [-0.39, 0.29) is 12.0 Å². The zero-order valence-electron chi connectivity index (χ0n) is 13.6.